The number of likely N-dealkylation sites (N-methyl/N-ethyl adjacent to an activating group) is 1. The molecule has 3 aromatic rings. The number of fused-ring (bicyclic) bond motifs is 1. The molecule has 0 radical (unpaired) electrons. The van der Waals surface area contributed by atoms with E-state index in [0.29, 0.717) is 78.6 Å². The number of amides is 4. The number of carbonyl (C=O) groups is 3. The van der Waals surface area contributed by atoms with Gasteiger partial charge in [-0.1, -0.05) is 12.1 Å². The van der Waals surface area contributed by atoms with Crippen LogP contribution in [0.3, 0.4) is 0 Å². The van der Waals surface area contributed by atoms with E-state index in [0.717, 1.165) is 25.9 Å². The summed E-state index contributed by atoms with van der Waals surface area (Å²) in [4.78, 5) is 57.6. The van der Waals surface area contributed by atoms with E-state index in [-0.39, 0.29) is 23.7 Å². The number of urea groups is 1. The highest BCUT2D eigenvalue weighted by atomic mass is 16.5. The molecule has 2 aromatic carbocycles. The van der Waals surface area contributed by atoms with Crippen molar-refractivity contribution in [1.29, 1.82) is 0 Å². The summed E-state index contributed by atoms with van der Waals surface area (Å²) in [6.45, 7) is 12.0. The van der Waals surface area contributed by atoms with Crippen LogP contribution in [-0.4, -0.2) is 120 Å². The van der Waals surface area contributed by atoms with Crippen molar-refractivity contribution < 1.29 is 23.9 Å². The van der Waals surface area contributed by atoms with Gasteiger partial charge in [0.15, 0.2) is 0 Å². The van der Waals surface area contributed by atoms with Gasteiger partial charge in [0, 0.05) is 54.7 Å². The van der Waals surface area contributed by atoms with Gasteiger partial charge in [-0.2, -0.15) is 4.98 Å². The van der Waals surface area contributed by atoms with Gasteiger partial charge in [0.2, 0.25) is 11.8 Å². The van der Waals surface area contributed by atoms with Crippen molar-refractivity contribution >= 4 is 35.2 Å². The topological polar surface area (TPSA) is 132 Å². The van der Waals surface area contributed by atoms with E-state index >= 15 is 0 Å². The first-order valence-electron chi connectivity index (χ1n) is 17.4. The predicted molar refractivity (Wildman–Crippen MR) is 193 cm³/mol. The third-order valence-electron chi connectivity index (χ3n) is 9.60. The summed E-state index contributed by atoms with van der Waals surface area (Å²) in [6.07, 6.45) is 1.91. The van der Waals surface area contributed by atoms with E-state index in [9.17, 15) is 14.4 Å². The number of likely N-dealkylation sites (tertiary alicyclic amines) is 1. The van der Waals surface area contributed by atoms with E-state index in [4.69, 9.17) is 19.4 Å². The van der Waals surface area contributed by atoms with Gasteiger partial charge in [-0.15, -0.1) is 0 Å². The maximum absolute atomic E-state index is 13.9. The van der Waals surface area contributed by atoms with E-state index < -0.39 is 11.6 Å². The van der Waals surface area contributed by atoms with Crippen LogP contribution in [0.15, 0.2) is 48.5 Å². The normalized spacial score (nSPS) is 19.5. The smallest absolute Gasteiger partial charge is 0.323 e. The summed E-state index contributed by atoms with van der Waals surface area (Å²) in [5, 5.41) is 5.70. The summed E-state index contributed by atoms with van der Waals surface area (Å²) in [5.74, 6) is 0.557. The fraction of sp³-hybridized carbons (Fsp3) is 0.486. The molecule has 4 amide bonds. The van der Waals surface area contributed by atoms with E-state index in [1.165, 1.54) is 0 Å². The lowest BCUT2D eigenvalue weighted by atomic mass is 10.0. The Morgan fingerprint density at radius 3 is 2.20 bits per heavy atom. The molecule has 1 aromatic heterocycles. The van der Waals surface area contributed by atoms with Gasteiger partial charge >= 0.3 is 6.03 Å². The van der Waals surface area contributed by atoms with Gasteiger partial charge in [0.25, 0.3) is 11.8 Å². The third-order valence-corrected chi connectivity index (χ3v) is 9.60. The number of morpholine rings is 1. The zero-order chi connectivity index (χ0) is 35.6. The summed E-state index contributed by atoms with van der Waals surface area (Å²) < 4.78 is 12.1. The first-order valence-corrected chi connectivity index (χ1v) is 17.4. The monoisotopic (exact) mass is 684 g/mol. The Hall–Kier alpha value is -4.75. The molecule has 266 valence electrons. The van der Waals surface area contributed by atoms with Crippen LogP contribution in [0.2, 0.25) is 0 Å². The Balaban J connectivity index is 1.17. The molecule has 0 unspecified atom stereocenters. The minimum absolute atomic E-state index is 0.00447. The maximum Gasteiger partial charge on any atom is 0.323 e. The Kier molecular flexibility index (Phi) is 10.3. The summed E-state index contributed by atoms with van der Waals surface area (Å²) in [5.41, 5.74) is 2.54. The molecule has 6 rings (SSSR count). The average Bonchev–Trinajstić information content (AvgIpc) is 3.20. The van der Waals surface area contributed by atoms with Gasteiger partial charge in [0.1, 0.15) is 11.2 Å². The van der Waals surface area contributed by atoms with Crippen molar-refractivity contribution in [3.63, 3.8) is 0 Å². The van der Waals surface area contributed by atoms with Gasteiger partial charge in [-0.3, -0.25) is 9.59 Å². The van der Waals surface area contributed by atoms with E-state index in [2.05, 4.69) is 41.5 Å². The van der Waals surface area contributed by atoms with Crippen molar-refractivity contribution in [2.75, 3.05) is 75.6 Å². The molecule has 3 aliphatic heterocycles. The number of ether oxygens (including phenoxy) is 2. The van der Waals surface area contributed by atoms with Crippen LogP contribution in [0.25, 0.3) is 11.3 Å². The number of aromatic nitrogens is 2. The summed E-state index contributed by atoms with van der Waals surface area (Å²) >= 11 is 0. The van der Waals surface area contributed by atoms with Crippen LogP contribution in [-0.2, 0) is 4.74 Å². The molecule has 50 heavy (non-hydrogen) atoms. The van der Waals surface area contributed by atoms with E-state index in [1.54, 1.807) is 41.3 Å². The first kappa shape index (κ1) is 35.1. The Bertz CT molecular complexity index is 1700. The number of hydrogen-bond donors (Lipinski definition) is 2. The maximum atomic E-state index is 13.9. The van der Waals surface area contributed by atoms with Crippen LogP contribution in [0.1, 0.15) is 61.3 Å². The largest absolute Gasteiger partial charge is 0.469 e. The van der Waals surface area contributed by atoms with Crippen molar-refractivity contribution in [3.05, 3.63) is 59.7 Å². The Morgan fingerprint density at radius 1 is 0.960 bits per heavy atom. The number of nitrogens with one attached hydrogen (secondary N) is 2. The zero-order valence-electron chi connectivity index (χ0n) is 29.9. The lowest BCUT2D eigenvalue weighted by Crippen LogP contribution is -2.44. The third kappa shape index (κ3) is 7.68. The molecule has 4 heterocycles. The van der Waals surface area contributed by atoms with Gasteiger partial charge in [0.05, 0.1) is 31.5 Å². The van der Waals surface area contributed by atoms with Gasteiger partial charge < -0.3 is 39.7 Å². The molecule has 2 N–H and O–H groups in total. The van der Waals surface area contributed by atoms with Crippen LogP contribution in [0.4, 0.5) is 22.1 Å². The molecule has 3 aliphatic rings. The average molecular weight is 685 g/mol. The van der Waals surface area contributed by atoms with E-state index in [1.807, 2.05) is 37.8 Å². The number of anilines is 3. The first-order chi connectivity index (χ1) is 23.9. The second-order valence-electron chi connectivity index (χ2n) is 14.1. The number of nitrogens with zero attached hydrogens (tertiary/aromatic N) is 6. The van der Waals surface area contributed by atoms with Crippen LogP contribution >= 0.6 is 0 Å². The molecule has 0 spiro atoms. The zero-order valence-corrected chi connectivity index (χ0v) is 29.9. The van der Waals surface area contributed by atoms with Crippen molar-refractivity contribution in [1.82, 2.24) is 24.7 Å². The molecular weight excluding hydrogens is 636 g/mol. The fourth-order valence-corrected chi connectivity index (χ4v) is 6.77. The van der Waals surface area contributed by atoms with Gasteiger partial charge in [-0.05, 0) is 91.0 Å². The quantitative estimate of drug-likeness (QED) is 0.360. The van der Waals surface area contributed by atoms with Crippen molar-refractivity contribution in [2.24, 2.45) is 0 Å². The Labute approximate surface area is 293 Å². The number of carbonyl (C=O) groups excluding carboxylic acids is 3. The van der Waals surface area contributed by atoms with Crippen molar-refractivity contribution in [3.8, 4) is 17.1 Å². The lowest BCUT2D eigenvalue weighted by Gasteiger charge is -2.35. The van der Waals surface area contributed by atoms with Crippen LogP contribution in [0.5, 0.6) is 5.88 Å². The second kappa shape index (κ2) is 14.6. The number of hydrogen-bond acceptors (Lipinski definition) is 9. The molecule has 13 heteroatoms. The highest BCUT2D eigenvalue weighted by Crippen LogP contribution is 2.37. The predicted octanol–water partition coefficient (Wildman–Crippen LogP) is 4.81. The minimum Gasteiger partial charge on any atom is -0.469 e. The standard InChI is InChI=1S/C37H48N8O5/c1-7-43-23-37(3,4)50-32-30(34(43)47)31(40-35(41-32)45-20-21-49-22-24(45)2)25-8-12-27(13-9-25)38-36(48)39-28-14-10-26(11-15-28)33(46)44-18-16-29(17-19-44)42(5)6/h8-15,24,29H,7,16-23H2,1-6H3,(H2,38,39,48)/t24-/m0/s1. The number of benzene rings is 2. The number of piperidine rings is 1. The second-order valence-corrected chi connectivity index (χ2v) is 14.1. The van der Waals surface area contributed by atoms with Gasteiger partial charge in [-0.25, -0.2) is 9.78 Å². The molecular formula is C37H48N8O5. The highest BCUT2D eigenvalue weighted by Gasteiger charge is 2.38. The molecule has 1 atom stereocenters. The fourth-order valence-electron chi connectivity index (χ4n) is 6.77. The molecule has 0 aliphatic carbocycles. The molecule has 0 bridgehead atoms. The summed E-state index contributed by atoms with van der Waals surface area (Å²) in [6, 6.07) is 14.3. The molecule has 0 saturated carbocycles. The molecule has 2 saturated heterocycles. The molecule has 2 fully saturated rings. The summed E-state index contributed by atoms with van der Waals surface area (Å²) in [7, 11) is 4.15. The van der Waals surface area contributed by atoms with Crippen LogP contribution < -0.4 is 20.3 Å². The minimum atomic E-state index is -0.656. The lowest BCUT2D eigenvalue weighted by molar-refractivity contribution is 0.0541. The highest BCUT2D eigenvalue weighted by molar-refractivity contribution is 6.03. The van der Waals surface area contributed by atoms with Crippen molar-refractivity contribution in [2.45, 2.75) is 58.2 Å². The SMILES string of the molecule is CCN1CC(C)(C)Oc2nc(N3CCOC[C@@H]3C)nc(-c3ccc(NC(=O)Nc4ccc(C(=O)N5CCC(N(C)C)CC5)cc4)cc3)c2C1=O. The Morgan fingerprint density at radius 2 is 1.60 bits per heavy atom. The number of rotatable bonds is 7. The molecule has 13 nitrogen and oxygen atoms in total. The van der Waals surface area contributed by atoms with Crippen LogP contribution in [0, 0.1) is 0 Å².